The summed E-state index contributed by atoms with van der Waals surface area (Å²) in [5.41, 5.74) is 0.766. The number of aromatic amines is 1. The number of nitrogens with zero attached hydrogens (tertiary/aromatic N) is 1. The van der Waals surface area contributed by atoms with Crippen LogP contribution in [0.2, 0.25) is 0 Å². The Morgan fingerprint density at radius 3 is 2.75 bits per heavy atom. The van der Waals surface area contributed by atoms with Gasteiger partial charge in [-0.1, -0.05) is 0 Å². The number of hydrogen-bond acceptors (Lipinski definition) is 3. The molecule has 2 heterocycles. The van der Waals surface area contributed by atoms with E-state index in [0.717, 1.165) is 38.0 Å². The van der Waals surface area contributed by atoms with E-state index in [1.54, 1.807) is 12.1 Å². The summed E-state index contributed by atoms with van der Waals surface area (Å²) in [6, 6.07) is 4.14. The minimum atomic E-state index is -0.278. The molecule has 108 valence electrons. The molecule has 2 fully saturated rings. The Balaban J connectivity index is 1.79. The van der Waals surface area contributed by atoms with Crippen molar-refractivity contribution < 1.29 is 4.79 Å². The zero-order valence-corrected chi connectivity index (χ0v) is 11.8. The lowest BCUT2D eigenvalue weighted by Crippen LogP contribution is -2.43. The molecule has 1 amide bonds. The molecule has 1 saturated heterocycles. The number of hydrogen-bond donors (Lipinski definition) is 2. The first-order valence-electron chi connectivity index (χ1n) is 7.39. The van der Waals surface area contributed by atoms with Crippen LogP contribution < -0.4 is 10.9 Å². The van der Waals surface area contributed by atoms with E-state index in [2.05, 4.69) is 10.3 Å². The Bertz CT molecular complexity index is 556. The fraction of sp³-hybridized carbons (Fsp3) is 0.600. The average molecular weight is 275 g/mol. The molecule has 5 nitrogen and oxygen atoms in total. The molecule has 2 N–H and O–H groups in total. The highest BCUT2D eigenvalue weighted by molar-refractivity contribution is 5.94. The molecule has 3 rings (SSSR count). The van der Waals surface area contributed by atoms with Crippen molar-refractivity contribution >= 4 is 5.91 Å². The number of H-pyrrole nitrogens is 1. The van der Waals surface area contributed by atoms with Crippen LogP contribution in [0.25, 0.3) is 0 Å². The molecule has 0 radical (unpaired) electrons. The maximum absolute atomic E-state index is 12.6. The number of aryl methyl sites for hydroxylation is 1. The van der Waals surface area contributed by atoms with Crippen LogP contribution in [-0.2, 0) is 0 Å². The maximum Gasteiger partial charge on any atom is 0.260 e. The Morgan fingerprint density at radius 2 is 2.15 bits per heavy atom. The molecular formula is C15H21N3O2. The summed E-state index contributed by atoms with van der Waals surface area (Å²) in [6.07, 6.45) is 4.40. The Morgan fingerprint density at radius 1 is 1.35 bits per heavy atom. The molecule has 1 aliphatic carbocycles. The van der Waals surface area contributed by atoms with Gasteiger partial charge in [0.2, 0.25) is 0 Å². The van der Waals surface area contributed by atoms with Gasteiger partial charge < -0.3 is 15.2 Å². The zero-order chi connectivity index (χ0) is 14.1. The van der Waals surface area contributed by atoms with Crippen molar-refractivity contribution in [2.75, 3.05) is 13.1 Å². The van der Waals surface area contributed by atoms with Gasteiger partial charge in [0.15, 0.2) is 0 Å². The van der Waals surface area contributed by atoms with E-state index >= 15 is 0 Å². The van der Waals surface area contributed by atoms with E-state index in [1.165, 1.54) is 6.42 Å². The number of amides is 1. The summed E-state index contributed by atoms with van der Waals surface area (Å²) >= 11 is 0. The molecule has 1 aromatic rings. The number of carbonyl (C=O) groups is 1. The van der Waals surface area contributed by atoms with Crippen LogP contribution in [0.15, 0.2) is 16.9 Å². The summed E-state index contributed by atoms with van der Waals surface area (Å²) in [5, 5.41) is 3.42. The highest BCUT2D eigenvalue weighted by Gasteiger charge is 2.35. The Labute approximate surface area is 118 Å². The smallest absolute Gasteiger partial charge is 0.260 e. The number of carbonyl (C=O) groups excluding carboxylic acids is 1. The largest absolute Gasteiger partial charge is 0.334 e. The van der Waals surface area contributed by atoms with Gasteiger partial charge in [0.05, 0.1) is 0 Å². The average Bonchev–Trinajstić information content (AvgIpc) is 3.12. The van der Waals surface area contributed by atoms with Crippen LogP contribution in [0.3, 0.4) is 0 Å². The van der Waals surface area contributed by atoms with E-state index in [-0.39, 0.29) is 17.0 Å². The van der Waals surface area contributed by atoms with Crippen LogP contribution in [-0.4, -0.2) is 41.0 Å². The summed E-state index contributed by atoms with van der Waals surface area (Å²) in [5.74, 6) is -0.123. The lowest BCUT2D eigenvalue weighted by molar-refractivity contribution is 0.0726. The Kier molecular flexibility index (Phi) is 3.61. The molecule has 0 aromatic carbocycles. The van der Waals surface area contributed by atoms with Crippen molar-refractivity contribution in [1.29, 1.82) is 0 Å². The fourth-order valence-corrected chi connectivity index (χ4v) is 2.83. The number of rotatable bonds is 4. The van der Waals surface area contributed by atoms with E-state index < -0.39 is 0 Å². The second-order valence-corrected chi connectivity index (χ2v) is 5.87. The second kappa shape index (κ2) is 5.40. The predicted octanol–water partition coefficient (Wildman–Crippen LogP) is 1.04. The molecule has 1 unspecified atom stereocenters. The van der Waals surface area contributed by atoms with Gasteiger partial charge >= 0.3 is 0 Å². The number of aromatic nitrogens is 1. The number of nitrogens with one attached hydrogen (secondary N) is 2. The molecule has 0 spiro atoms. The van der Waals surface area contributed by atoms with Crippen molar-refractivity contribution in [2.24, 2.45) is 0 Å². The molecule has 1 saturated carbocycles. The van der Waals surface area contributed by atoms with Crippen molar-refractivity contribution in [3.8, 4) is 0 Å². The van der Waals surface area contributed by atoms with Gasteiger partial charge in [-0.15, -0.1) is 0 Å². The third-order valence-electron chi connectivity index (χ3n) is 4.11. The molecule has 1 atom stereocenters. The SMILES string of the molecule is Cc1ccc(C(=O)N(CC2CCCN2)C2CC2)c(=O)[nH]1. The van der Waals surface area contributed by atoms with Gasteiger partial charge in [-0.3, -0.25) is 9.59 Å². The van der Waals surface area contributed by atoms with Gasteiger partial charge in [0.25, 0.3) is 11.5 Å². The standard InChI is InChI=1S/C15H21N3O2/c1-10-4-7-13(14(19)17-10)15(20)18(12-5-6-12)9-11-3-2-8-16-11/h4,7,11-12,16H,2-3,5-6,8-9H2,1H3,(H,17,19). The van der Waals surface area contributed by atoms with Gasteiger partial charge in [0, 0.05) is 24.3 Å². The predicted molar refractivity (Wildman–Crippen MR) is 76.9 cm³/mol. The summed E-state index contributed by atoms with van der Waals surface area (Å²) < 4.78 is 0. The van der Waals surface area contributed by atoms with E-state index in [1.807, 2.05) is 11.8 Å². The van der Waals surface area contributed by atoms with E-state index in [0.29, 0.717) is 12.1 Å². The summed E-state index contributed by atoms with van der Waals surface area (Å²) in [6.45, 7) is 3.57. The van der Waals surface area contributed by atoms with Crippen LogP contribution in [0.1, 0.15) is 41.7 Å². The zero-order valence-electron chi connectivity index (χ0n) is 11.8. The topological polar surface area (TPSA) is 65.2 Å². The summed E-state index contributed by atoms with van der Waals surface area (Å²) in [4.78, 5) is 29.2. The minimum Gasteiger partial charge on any atom is -0.334 e. The second-order valence-electron chi connectivity index (χ2n) is 5.87. The quantitative estimate of drug-likeness (QED) is 0.863. The normalized spacial score (nSPS) is 21.9. The number of pyridine rings is 1. The third kappa shape index (κ3) is 2.77. The first-order chi connectivity index (χ1) is 9.65. The van der Waals surface area contributed by atoms with Gasteiger partial charge in [-0.05, 0) is 51.3 Å². The highest BCUT2D eigenvalue weighted by Crippen LogP contribution is 2.28. The van der Waals surface area contributed by atoms with Crippen LogP contribution >= 0.6 is 0 Å². The van der Waals surface area contributed by atoms with Crippen molar-refractivity contribution in [3.05, 3.63) is 33.7 Å². The molecular weight excluding hydrogens is 254 g/mol. The highest BCUT2D eigenvalue weighted by atomic mass is 16.2. The van der Waals surface area contributed by atoms with Gasteiger partial charge in [0.1, 0.15) is 5.56 Å². The van der Waals surface area contributed by atoms with E-state index in [9.17, 15) is 9.59 Å². The Hall–Kier alpha value is -1.62. The van der Waals surface area contributed by atoms with Crippen LogP contribution in [0.4, 0.5) is 0 Å². The lowest BCUT2D eigenvalue weighted by atomic mass is 10.1. The van der Waals surface area contributed by atoms with E-state index in [4.69, 9.17) is 0 Å². The minimum absolute atomic E-state index is 0.123. The van der Waals surface area contributed by atoms with Crippen LogP contribution in [0.5, 0.6) is 0 Å². The molecule has 5 heteroatoms. The fourth-order valence-electron chi connectivity index (χ4n) is 2.83. The third-order valence-corrected chi connectivity index (χ3v) is 4.11. The molecule has 1 aliphatic heterocycles. The monoisotopic (exact) mass is 275 g/mol. The maximum atomic E-state index is 12.6. The lowest BCUT2D eigenvalue weighted by Gasteiger charge is -2.25. The van der Waals surface area contributed by atoms with Gasteiger partial charge in [-0.25, -0.2) is 0 Å². The van der Waals surface area contributed by atoms with Crippen molar-refractivity contribution in [3.63, 3.8) is 0 Å². The van der Waals surface area contributed by atoms with Crippen molar-refractivity contribution in [2.45, 2.75) is 44.7 Å². The first-order valence-corrected chi connectivity index (χ1v) is 7.39. The summed E-state index contributed by atoms with van der Waals surface area (Å²) in [7, 11) is 0. The molecule has 2 aliphatic rings. The first kappa shape index (κ1) is 13.4. The molecule has 0 bridgehead atoms. The van der Waals surface area contributed by atoms with Crippen molar-refractivity contribution in [1.82, 2.24) is 15.2 Å². The van der Waals surface area contributed by atoms with Crippen LogP contribution in [0, 0.1) is 6.92 Å². The van der Waals surface area contributed by atoms with Gasteiger partial charge in [-0.2, -0.15) is 0 Å². The molecule has 1 aromatic heterocycles. The molecule has 20 heavy (non-hydrogen) atoms.